The summed E-state index contributed by atoms with van der Waals surface area (Å²) in [5.41, 5.74) is 5.17. The monoisotopic (exact) mass is 433 g/mol. The van der Waals surface area contributed by atoms with Crippen molar-refractivity contribution < 1.29 is 0 Å². The molecule has 2 aliphatic rings. The lowest BCUT2D eigenvalue weighted by Gasteiger charge is -2.34. The average molecular weight is 434 g/mol. The quantitative estimate of drug-likeness (QED) is 0.459. The van der Waals surface area contributed by atoms with Crippen molar-refractivity contribution in [2.24, 2.45) is 0 Å². The van der Waals surface area contributed by atoms with Gasteiger partial charge in [-0.05, 0) is 86.1 Å². The molecule has 5 rings (SSSR count). The smallest absolute Gasteiger partial charge is 0.0722 e. The molecule has 0 amide bonds. The van der Waals surface area contributed by atoms with E-state index in [1.165, 1.54) is 73.8 Å². The summed E-state index contributed by atoms with van der Waals surface area (Å²) in [6, 6.07) is 17.5. The van der Waals surface area contributed by atoms with Crippen molar-refractivity contribution in [3.8, 4) is 0 Å². The van der Waals surface area contributed by atoms with E-state index in [9.17, 15) is 0 Å². The molecule has 3 aromatic rings. The third kappa shape index (κ3) is 5.05. The molecular weight excluding hydrogens is 402 g/mol. The number of fused-ring (bicyclic) bond motifs is 1. The zero-order valence-electron chi connectivity index (χ0n) is 18.3. The van der Waals surface area contributed by atoms with Gasteiger partial charge in [-0.15, -0.1) is 0 Å². The molecule has 2 aliphatic heterocycles. The standard InChI is InChI=1S/C27H32ClN3/c28-25-8-5-22(6-9-25)23-11-15-31(16-12-23)26-10-7-24-17-21(19-29-27(24)18-26)20-30-13-3-1-2-4-14-30/h5-10,17-19,23H,1-4,11-16,20H2. The number of pyridine rings is 1. The van der Waals surface area contributed by atoms with Crippen LogP contribution in [-0.2, 0) is 6.54 Å². The van der Waals surface area contributed by atoms with E-state index in [4.69, 9.17) is 16.6 Å². The van der Waals surface area contributed by atoms with Crippen molar-refractivity contribution in [3.05, 3.63) is 70.9 Å². The fourth-order valence-electron chi connectivity index (χ4n) is 5.20. The van der Waals surface area contributed by atoms with Gasteiger partial charge in [0.05, 0.1) is 5.52 Å². The minimum Gasteiger partial charge on any atom is -0.371 e. The van der Waals surface area contributed by atoms with Crippen LogP contribution in [0.3, 0.4) is 0 Å². The molecule has 3 heterocycles. The van der Waals surface area contributed by atoms with Crippen LogP contribution in [0.4, 0.5) is 5.69 Å². The number of nitrogens with zero attached hydrogens (tertiary/aromatic N) is 3. The Balaban J connectivity index is 1.24. The number of hydrogen-bond donors (Lipinski definition) is 0. The van der Waals surface area contributed by atoms with Crippen LogP contribution in [0.2, 0.25) is 5.02 Å². The van der Waals surface area contributed by atoms with Crippen LogP contribution in [-0.4, -0.2) is 36.1 Å². The highest BCUT2D eigenvalue weighted by atomic mass is 35.5. The fourth-order valence-corrected chi connectivity index (χ4v) is 5.32. The summed E-state index contributed by atoms with van der Waals surface area (Å²) >= 11 is 6.05. The molecule has 0 bridgehead atoms. The molecule has 1 aromatic heterocycles. The molecular formula is C27H32ClN3. The van der Waals surface area contributed by atoms with Gasteiger partial charge < -0.3 is 4.90 Å². The lowest BCUT2D eigenvalue weighted by atomic mass is 9.89. The van der Waals surface area contributed by atoms with E-state index in [2.05, 4.69) is 52.4 Å². The number of rotatable bonds is 4. The molecule has 162 valence electrons. The summed E-state index contributed by atoms with van der Waals surface area (Å²) in [6.45, 7) is 5.66. The maximum Gasteiger partial charge on any atom is 0.0722 e. The number of benzene rings is 2. The normalized spacial score (nSPS) is 18.9. The van der Waals surface area contributed by atoms with E-state index in [0.717, 1.165) is 30.2 Å². The molecule has 3 nitrogen and oxygen atoms in total. The first-order chi connectivity index (χ1) is 15.2. The van der Waals surface area contributed by atoms with Gasteiger partial charge in [0, 0.05) is 41.9 Å². The average Bonchev–Trinajstić information content (AvgIpc) is 3.08. The van der Waals surface area contributed by atoms with Crippen molar-refractivity contribution >= 4 is 28.2 Å². The number of hydrogen-bond acceptors (Lipinski definition) is 3. The maximum atomic E-state index is 6.05. The Morgan fingerprint density at radius 3 is 2.32 bits per heavy atom. The predicted molar refractivity (Wildman–Crippen MR) is 131 cm³/mol. The van der Waals surface area contributed by atoms with Gasteiger partial charge in [-0.3, -0.25) is 9.88 Å². The number of anilines is 1. The van der Waals surface area contributed by atoms with Gasteiger partial charge in [-0.2, -0.15) is 0 Å². The molecule has 0 radical (unpaired) electrons. The molecule has 0 unspecified atom stereocenters. The van der Waals surface area contributed by atoms with Crippen LogP contribution in [0.1, 0.15) is 55.6 Å². The van der Waals surface area contributed by atoms with E-state index in [-0.39, 0.29) is 0 Å². The summed E-state index contributed by atoms with van der Waals surface area (Å²) < 4.78 is 0. The molecule has 0 saturated carbocycles. The summed E-state index contributed by atoms with van der Waals surface area (Å²) in [5, 5.41) is 2.08. The second kappa shape index (κ2) is 9.58. The molecule has 0 atom stereocenters. The zero-order chi connectivity index (χ0) is 21.0. The lowest BCUT2D eigenvalue weighted by Crippen LogP contribution is -2.32. The van der Waals surface area contributed by atoms with Crippen LogP contribution >= 0.6 is 11.6 Å². The Bertz CT molecular complexity index is 1000. The lowest BCUT2D eigenvalue weighted by molar-refractivity contribution is 0.277. The first-order valence-corrected chi connectivity index (χ1v) is 12.2. The summed E-state index contributed by atoms with van der Waals surface area (Å²) in [4.78, 5) is 9.94. The van der Waals surface area contributed by atoms with E-state index in [1.807, 2.05) is 12.1 Å². The highest BCUT2D eigenvalue weighted by Crippen LogP contribution is 2.32. The van der Waals surface area contributed by atoms with E-state index < -0.39 is 0 Å². The molecule has 2 saturated heterocycles. The summed E-state index contributed by atoms with van der Waals surface area (Å²) in [7, 11) is 0. The minimum absolute atomic E-state index is 0.633. The second-order valence-corrected chi connectivity index (χ2v) is 9.66. The largest absolute Gasteiger partial charge is 0.371 e. The first-order valence-electron chi connectivity index (χ1n) is 11.9. The topological polar surface area (TPSA) is 19.4 Å². The van der Waals surface area contributed by atoms with Gasteiger partial charge in [-0.25, -0.2) is 0 Å². The summed E-state index contributed by atoms with van der Waals surface area (Å²) in [5.74, 6) is 0.633. The van der Waals surface area contributed by atoms with Crippen molar-refractivity contribution in [1.82, 2.24) is 9.88 Å². The van der Waals surface area contributed by atoms with Crippen LogP contribution in [0.5, 0.6) is 0 Å². The maximum absolute atomic E-state index is 6.05. The van der Waals surface area contributed by atoms with Crippen LogP contribution < -0.4 is 4.90 Å². The van der Waals surface area contributed by atoms with E-state index in [0.29, 0.717) is 5.92 Å². The Morgan fingerprint density at radius 1 is 0.839 bits per heavy atom. The van der Waals surface area contributed by atoms with Gasteiger partial charge in [0.2, 0.25) is 0 Å². The molecule has 0 N–H and O–H groups in total. The fraction of sp³-hybridized carbons (Fsp3) is 0.444. The third-order valence-electron chi connectivity index (χ3n) is 7.03. The Morgan fingerprint density at radius 2 is 1.58 bits per heavy atom. The Hall–Kier alpha value is -2.10. The summed E-state index contributed by atoms with van der Waals surface area (Å²) in [6.07, 6.45) is 9.88. The second-order valence-electron chi connectivity index (χ2n) is 9.22. The van der Waals surface area contributed by atoms with Crippen molar-refractivity contribution in [2.75, 3.05) is 31.1 Å². The SMILES string of the molecule is Clc1ccc(C2CCN(c3ccc4cc(CN5CCCCCC5)cnc4c3)CC2)cc1. The van der Waals surface area contributed by atoms with E-state index >= 15 is 0 Å². The minimum atomic E-state index is 0.633. The van der Waals surface area contributed by atoms with Crippen LogP contribution in [0.15, 0.2) is 54.7 Å². The van der Waals surface area contributed by atoms with Crippen LogP contribution in [0, 0.1) is 0 Å². The highest BCUT2D eigenvalue weighted by Gasteiger charge is 2.21. The van der Waals surface area contributed by atoms with Gasteiger partial charge in [-0.1, -0.05) is 42.6 Å². The number of aromatic nitrogens is 1. The molecule has 4 heteroatoms. The number of piperidine rings is 1. The number of likely N-dealkylation sites (tertiary alicyclic amines) is 1. The predicted octanol–water partition coefficient (Wildman–Crippen LogP) is 6.65. The third-order valence-corrected chi connectivity index (χ3v) is 7.28. The van der Waals surface area contributed by atoms with E-state index in [1.54, 1.807) is 0 Å². The van der Waals surface area contributed by atoms with Crippen molar-refractivity contribution in [2.45, 2.75) is 51.0 Å². The number of halogens is 1. The van der Waals surface area contributed by atoms with Gasteiger partial charge in [0.1, 0.15) is 0 Å². The zero-order valence-corrected chi connectivity index (χ0v) is 19.0. The van der Waals surface area contributed by atoms with Crippen LogP contribution in [0.25, 0.3) is 10.9 Å². The van der Waals surface area contributed by atoms with Gasteiger partial charge in [0.15, 0.2) is 0 Å². The van der Waals surface area contributed by atoms with Crippen molar-refractivity contribution in [1.29, 1.82) is 0 Å². The highest BCUT2D eigenvalue weighted by molar-refractivity contribution is 6.30. The molecule has 0 spiro atoms. The van der Waals surface area contributed by atoms with Gasteiger partial charge >= 0.3 is 0 Å². The molecule has 2 fully saturated rings. The van der Waals surface area contributed by atoms with Crippen molar-refractivity contribution in [3.63, 3.8) is 0 Å². The molecule has 2 aromatic carbocycles. The first kappa shape index (κ1) is 20.8. The Labute approximate surface area is 191 Å². The molecule has 0 aliphatic carbocycles. The molecule has 31 heavy (non-hydrogen) atoms. The van der Waals surface area contributed by atoms with Gasteiger partial charge in [0.25, 0.3) is 0 Å². The Kier molecular flexibility index (Phi) is 6.42.